The van der Waals surface area contributed by atoms with Crippen LogP contribution in [0.15, 0.2) is 23.1 Å². The van der Waals surface area contributed by atoms with Crippen LogP contribution in [0, 0.1) is 5.82 Å². The first-order valence-electron chi connectivity index (χ1n) is 5.56. The Kier molecular flexibility index (Phi) is 6.02. The normalized spacial score (nSPS) is 11.3. The van der Waals surface area contributed by atoms with Gasteiger partial charge in [-0.1, -0.05) is 4.89 Å². The molecule has 1 aromatic carbocycles. The zero-order valence-corrected chi connectivity index (χ0v) is 11.8. The van der Waals surface area contributed by atoms with Crippen molar-refractivity contribution in [3.63, 3.8) is 0 Å². The van der Waals surface area contributed by atoms with Gasteiger partial charge in [0.2, 0.25) is 5.91 Å². The topological polar surface area (TPSA) is 93.7 Å². The summed E-state index contributed by atoms with van der Waals surface area (Å²) in [4.78, 5) is 16.7. The van der Waals surface area contributed by atoms with E-state index in [4.69, 9.17) is 0 Å². The molecule has 0 saturated heterocycles. The fourth-order valence-corrected chi connectivity index (χ4v) is 2.18. The quantitative estimate of drug-likeness (QED) is 0.569. The van der Waals surface area contributed by atoms with Gasteiger partial charge in [-0.05, 0) is 18.2 Å². The molecule has 0 spiro atoms. The van der Waals surface area contributed by atoms with Gasteiger partial charge in [-0.15, -0.1) is 0 Å². The molecule has 7 nitrogen and oxygen atoms in total. The Bertz CT molecular complexity index is 576. The van der Waals surface area contributed by atoms with E-state index in [2.05, 4.69) is 14.9 Å². The molecular weight excluding hydrogens is 291 g/mol. The Morgan fingerprint density at radius 2 is 2.05 bits per heavy atom. The van der Waals surface area contributed by atoms with Gasteiger partial charge in [-0.2, -0.15) is 0 Å². The maximum atomic E-state index is 13.7. The second-order valence-electron chi connectivity index (χ2n) is 3.75. The second kappa shape index (κ2) is 7.29. The maximum Gasteiger partial charge on any atom is 0.265 e. The first-order chi connectivity index (χ1) is 9.36. The highest BCUT2D eigenvalue weighted by Gasteiger charge is 2.19. The molecule has 0 aliphatic rings. The predicted octanol–water partition coefficient (Wildman–Crippen LogP) is 0.640. The van der Waals surface area contributed by atoms with Crippen LogP contribution in [0.1, 0.15) is 6.92 Å². The minimum Gasteiger partial charge on any atom is -0.382 e. The van der Waals surface area contributed by atoms with E-state index in [0.717, 1.165) is 12.1 Å². The van der Waals surface area contributed by atoms with Crippen molar-refractivity contribution < 1.29 is 27.2 Å². The highest BCUT2D eigenvalue weighted by atomic mass is 32.2. The summed E-state index contributed by atoms with van der Waals surface area (Å²) in [6.07, 6.45) is 0. The third-order valence-corrected chi connectivity index (χ3v) is 3.35. The van der Waals surface area contributed by atoms with Crippen molar-refractivity contribution in [1.29, 1.82) is 0 Å². The number of ether oxygens (including phenoxy) is 1. The molecule has 1 rings (SSSR count). The molecular formula is C11H15FN2O5S. The highest BCUT2D eigenvalue weighted by molar-refractivity contribution is 7.89. The lowest BCUT2D eigenvalue weighted by Gasteiger charge is -2.09. The Balaban J connectivity index is 2.82. The van der Waals surface area contributed by atoms with E-state index in [-0.39, 0.29) is 24.8 Å². The first-order valence-corrected chi connectivity index (χ1v) is 7.05. The smallest absolute Gasteiger partial charge is 0.265 e. The number of amides is 1. The SMILES string of the molecule is COCCONS(=O)(=O)c1ccc(NC(C)=O)cc1F. The predicted molar refractivity (Wildman–Crippen MR) is 68.9 cm³/mol. The Hall–Kier alpha value is -1.55. The number of carbonyl (C=O) groups excluding carboxylic acids is 1. The number of benzene rings is 1. The Morgan fingerprint density at radius 1 is 1.35 bits per heavy atom. The van der Waals surface area contributed by atoms with Crippen molar-refractivity contribution in [3.8, 4) is 0 Å². The van der Waals surface area contributed by atoms with Crippen molar-refractivity contribution in [3.05, 3.63) is 24.0 Å². The van der Waals surface area contributed by atoms with E-state index in [9.17, 15) is 17.6 Å². The molecule has 1 aromatic rings. The maximum absolute atomic E-state index is 13.7. The molecule has 0 atom stereocenters. The first kappa shape index (κ1) is 16.5. The van der Waals surface area contributed by atoms with Gasteiger partial charge in [0, 0.05) is 19.7 Å². The van der Waals surface area contributed by atoms with E-state index >= 15 is 0 Å². The lowest BCUT2D eigenvalue weighted by Crippen LogP contribution is -2.26. The van der Waals surface area contributed by atoms with Crippen LogP contribution in [-0.2, 0) is 24.4 Å². The molecule has 0 bridgehead atoms. The molecule has 20 heavy (non-hydrogen) atoms. The molecule has 112 valence electrons. The number of rotatable bonds is 7. The van der Waals surface area contributed by atoms with E-state index in [1.165, 1.54) is 20.1 Å². The minimum atomic E-state index is -4.13. The number of hydrogen-bond donors (Lipinski definition) is 2. The van der Waals surface area contributed by atoms with E-state index in [0.29, 0.717) is 0 Å². The van der Waals surface area contributed by atoms with Gasteiger partial charge < -0.3 is 10.1 Å². The molecule has 2 N–H and O–H groups in total. The molecule has 0 saturated carbocycles. The summed E-state index contributed by atoms with van der Waals surface area (Å²) in [6, 6.07) is 3.21. The Labute approximate surface area is 116 Å². The van der Waals surface area contributed by atoms with Gasteiger partial charge >= 0.3 is 0 Å². The number of carbonyl (C=O) groups is 1. The summed E-state index contributed by atoms with van der Waals surface area (Å²) in [5, 5.41) is 2.34. The summed E-state index contributed by atoms with van der Waals surface area (Å²) >= 11 is 0. The minimum absolute atomic E-state index is 0.0126. The van der Waals surface area contributed by atoms with Gasteiger partial charge in [0.25, 0.3) is 10.0 Å². The van der Waals surface area contributed by atoms with E-state index in [1.54, 1.807) is 4.89 Å². The van der Waals surface area contributed by atoms with Crippen molar-refractivity contribution in [1.82, 2.24) is 4.89 Å². The van der Waals surface area contributed by atoms with Crippen LogP contribution < -0.4 is 10.2 Å². The third kappa shape index (κ3) is 4.85. The zero-order chi connectivity index (χ0) is 15.2. The van der Waals surface area contributed by atoms with Gasteiger partial charge in [-0.25, -0.2) is 12.8 Å². The third-order valence-electron chi connectivity index (χ3n) is 2.10. The van der Waals surface area contributed by atoms with Crippen molar-refractivity contribution in [2.45, 2.75) is 11.8 Å². The second-order valence-corrected chi connectivity index (χ2v) is 5.37. The Morgan fingerprint density at radius 3 is 2.60 bits per heavy atom. The zero-order valence-electron chi connectivity index (χ0n) is 11.0. The molecule has 1 amide bonds. The number of anilines is 1. The summed E-state index contributed by atoms with van der Waals surface area (Å²) in [7, 11) is -2.70. The largest absolute Gasteiger partial charge is 0.382 e. The van der Waals surface area contributed by atoms with Crippen LogP contribution in [0.4, 0.5) is 10.1 Å². The van der Waals surface area contributed by atoms with Crippen LogP contribution in [0.3, 0.4) is 0 Å². The van der Waals surface area contributed by atoms with Crippen LogP contribution >= 0.6 is 0 Å². The van der Waals surface area contributed by atoms with Crippen LogP contribution in [-0.4, -0.2) is 34.6 Å². The summed E-state index contributed by atoms with van der Waals surface area (Å²) < 4.78 is 41.9. The lowest BCUT2D eigenvalue weighted by molar-refractivity contribution is -0.114. The number of methoxy groups -OCH3 is 1. The number of halogens is 1. The molecule has 0 aliphatic carbocycles. The molecule has 0 aromatic heterocycles. The molecule has 0 fully saturated rings. The highest BCUT2D eigenvalue weighted by Crippen LogP contribution is 2.18. The van der Waals surface area contributed by atoms with Crippen LogP contribution in [0.25, 0.3) is 0 Å². The number of hydrogen-bond acceptors (Lipinski definition) is 5. The van der Waals surface area contributed by atoms with Gasteiger partial charge in [0.05, 0.1) is 13.2 Å². The van der Waals surface area contributed by atoms with Gasteiger partial charge in [-0.3, -0.25) is 9.63 Å². The fourth-order valence-electron chi connectivity index (χ4n) is 1.29. The number of nitrogens with one attached hydrogen (secondary N) is 2. The molecule has 0 aliphatic heterocycles. The summed E-state index contributed by atoms with van der Waals surface area (Å²) in [5.41, 5.74) is 0.161. The van der Waals surface area contributed by atoms with Crippen LogP contribution in [0.2, 0.25) is 0 Å². The average Bonchev–Trinajstić information content (AvgIpc) is 2.33. The van der Waals surface area contributed by atoms with E-state index < -0.39 is 20.7 Å². The standard InChI is InChI=1S/C11H15FN2O5S/c1-8(15)13-9-3-4-11(10(12)7-9)20(16,17)14-19-6-5-18-2/h3-4,7,14H,5-6H2,1-2H3,(H,13,15). The van der Waals surface area contributed by atoms with Crippen LogP contribution in [0.5, 0.6) is 0 Å². The number of sulfonamides is 1. The molecule has 0 radical (unpaired) electrons. The summed E-state index contributed by atoms with van der Waals surface area (Å²) in [6.45, 7) is 1.43. The fraction of sp³-hybridized carbons (Fsp3) is 0.364. The monoisotopic (exact) mass is 306 g/mol. The average molecular weight is 306 g/mol. The van der Waals surface area contributed by atoms with Crippen molar-refractivity contribution >= 4 is 21.6 Å². The van der Waals surface area contributed by atoms with Gasteiger partial charge in [0.15, 0.2) is 0 Å². The molecule has 0 heterocycles. The summed E-state index contributed by atoms with van der Waals surface area (Å²) in [5.74, 6) is -1.39. The molecule has 9 heteroatoms. The van der Waals surface area contributed by atoms with Crippen molar-refractivity contribution in [2.24, 2.45) is 0 Å². The van der Waals surface area contributed by atoms with Crippen molar-refractivity contribution in [2.75, 3.05) is 25.6 Å². The van der Waals surface area contributed by atoms with Gasteiger partial charge in [0.1, 0.15) is 10.7 Å². The van der Waals surface area contributed by atoms with E-state index in [1.807, 2.05) is 0 Å². The lowest BCUT2D eigenvalue weighted by atomic mass is 10.3. The molecule has 0 unspecified atom stereocenters.